The van der Waals surface area contributed by atoms with Crippen LogP contribution >= 0.6 is 0 Å². The second kappa shape index (κ2) is 3.61. The predicted octanol–water partition coefficient (Wildman–Crippen LogP) is 3.30. The van der Waals surface area contributed by atoms with Crippen LogP contribution in [0.3, 0.4) is 0 Å². The summed E-state index contributed by atoms with van der Waals surface area (Å²) in [5, 5.41) is 0. The minimum atomic E-state index is 0.349. The molecule has 1 heterocycles. The van der Waals surface area contributed by atoms with E-state index in [-0.39, 0.29) is 0 Å². The Kier molecular flexibility index (Phi) is 3.06. The summed E-state index contributed by atoms with van der Waals surface area (Å²) in [6, 6.07) is 0. The molecule has 0 radical (unpaired) electrons. The first-order valence-electron chi connectivity index (χ1n) is 5.56. The van der Waals surface area contributed by atoms with Gasteiger partial charge in [-0.25, -0.2) is 0 Å². The molecule has 1 aliphatic rings. The van der Waals surface area contributed by atoms with Gasteiger partial charge in [-0.1, -0.05) is 20.3 Å². The van der Waals surface area contributed by atoms with Crippen LogP contribution in [0.5, 0.6) is 0 Å². The van der Waals surface area contributed by atoms with Crippen LogP contribution in [-0.4, -0.2) is 23.5 Å². The molecule has 1 saturated heterocycles. The van der Waals surface area contributed by atoms with E-state index < -0.39 is 0 Å². The van der Waals surface area contributed by atoms with E-state index in [1.165, 1.54) is 32.4 Å². The highest BCUT2D eigenvalue weighted by atomic mass is 15.2. The topological polar surface area (TPSA) is 3.24 Å². The summed E-state index contributed by atoms with van der Waals surface area (Å²) in [6.07, 6.45) is 4.17. The van der Waals surface area contributed by atoms with Gasteiger partial charge in [-0.05, 0) is 45.6 Å². The molecule has 1 fully saturated rings. The van der Waals surface area contributed by atoms with Gasteiger partial charge in [-0.3, -0.25) is 4.90 Å². The van der Waals surface area contributed by atoms with Gasteiger partial charge < -0.3 is 0 Å². The van der Waals surface area contributed by atoms with Gasteiger partial charge in [-0.2, -0.15) is 0 Å². The van der Waals surface area contributed by atoms with Crippen LogP contribution in [0.1, 0.15) is 53.9 Å². The predicted molar refractivity (Wildman–Crippen MR) is 59.0 cm³/mol. The fraction of sp³-hybridized carbons (Fsp3) is 1.00. The molecule has 0 atom stereocenters. The van der Waals surface area contributed by atoms with Gasteiger partial charge in [0.05, 0.1) is 0 Å². The summed E-state index contributed by atoms with van der Waals surface area (Å²) >= 11 is 0. The summed E-state index contributed by atoms with van der Waals surface area (Å²) in [6.45, 7) is 14.3. The Morgan fingerprint density at radius 2 is 1.69 bits per heavy atom. The molecular weight excluding hydrogens is 158 g/mol. The van der Waals surface area contributed by atoms with Crippen LogP contribution in [0.25, 0.3) is 0 Å². The number of nitrogens with zero attached hydrogens (tertiary/aromatic N) is 1. The Morgan fingerprint density at radius 1 is 1.08 bits per heavy atom. The number of likely N-dealkylation sites (tertiary alicyclic amines) is 1. The lowest BCUT2D eigenvalue weighted by Gasteiger charge is -2.39. The van der Waals surface area contributed by atoms with Crippen molar-refractivity contribution in [1.82, 2.24) is 4.90 Å². The molecule has 1 rings (SSSR count). The lowest BCUT2D eigenvalue weighted by atomic mass is 9.87. The molecule has 0 saturated carbocycles. The average molecular weight is 183 g/mol. The lowest BCUT2D eigenvalue weighted by molar-refractivity contribution is 0.0977. The van der Waals surface area contributed by atoms with Crippen LogP contribution in [0.4, 0.5) is 0 Å². The third-order valence-electron chi connectivity index (χ3n) is 3.10. The molecule has 1 aliphatic heterocycles. The van der Waals surface area contributed by atoms with Crippen LogP contribution in [0, 0.1) is 5.41 Å². The first kappa shape index (κ1) is 11.0. The van der Waals surface area contributed by atoms with Crippen molar-refractivity contribution in [1.29, 1.82) is 0 Å². The van der Waals surface area contributed by atoms with Gasteiger partial charge in [0.15, 0.2) is 0 Å². The molecule has 13 heavy (non-hydrogen) atoms. The molecule has 0 bridgehead atoms. The van der Waals surface area contributed by atoms with Gasteiger partial charge in [0, 0.05) is 12.1 Å². The summed E-state index contributed by atoms with van der Waals surface area (Å²) in [7, 11) is 0. The Labute approximate surface area is 83.5 Å². The monoisotopic (exact) mass is 183 g/mol. The maximum absolute atomic E-state index is 2.64. The van der Waals surface area contributed by atoms with E-state index in [0.29, 0.717) is 11.0 Å². The molecule has 0 amide bonds. The molecule has 0 aromatic rings. The molecule has 0 unspecified atom stereocenters. The van der Waals surface area contributed by atoms with Crippen molar-refractivity contribution in [2.24, 2.45) is 5.41 Å². The molecule has 0 spiro atoms. The zero-order valence-electron chi connectivity index (χ0n) is 9.98. The molecule has 1 nitrogen and oxygen atoms in total. The smallest absolute Gasteiger partial charge is 0.0125 e. The Morgan fingerprint density at radius 3 is 2.23 bits per heavy atom. The lowest BCUT2D eigenvalue weighted by Crippen LogP contribution is -2.45. The van der Waals surface area contributed by atoms with Crippen molar-refractivity contribution in [3.8, 4) is 0 Å². The molecular formula is C12H25N. The van der Waals surface area contributed by atoms with Crippen molar-refractivity contribution in [3.63, 3.8) is 0 Å². The van der Waals surface area contributed by atoms with Crippen LogP contribution in [0.15, 0.2) is 0 Å². The van der Waals surface area contributed by atoms with E-state index in [4.69, 9.17) is 0 Å². The standard InChI is InChI=1S/C12H25N/c1-11(2,3)13-9-7-6-8-12(4,5)10-13/h6-10H2,1-5H3. The highest BCUT2D eigenvalue weighted by Crippen LogP contribution is 2.31. The summed E-state index contributed by atoms with van der Waals surface area (Å²) in [5.41, 5.74) is 0.866. The van der Waals surface area contributed by atoms with Gasteiger partial charge in [0.25, 0.3) is 0 Å². The second-order valence-electron chi connectivity index (χ2n) is 6.21. The molecule has 78 valence electrons. The maximum Gasteiger partial charge on any atom is 0.0125 e. The van der Waals surface area contributed by atoms with Crippen molar-refractivity contribution in [3.05, 3.63) is 0 Å². The van der Waals surface area contributed by atoms with Gasteiger partial charge in [-0.15, -0.1) is 0 Å². The second-order valence-corrected chi connectivity index (χ2v) is 6.21. The van der Waals surface area contributed by atoms with Gasteiger partial charge in [0.1, 0.15) is 0 Å². The highest BCUT2D eigenvalue weighted by molar-refractivity contribution is 4.84. The van der Waals surface area contributed by atoms with E-state index in [1.807, 2.05) is 0 Å². The van der Waals surface area contributed by atoms with E-state index in [1.54, 1.807) is 0 Å². The van der Waals surface area contributed by atoms with E-state index in [2.05, 4.69) is 39.5 Å². The first-order valence-corrected chi connectivity index (χ1v) is 5.56. The molecule has 0 aromatic carbocycles. The number of hydrogen-bond donors (Lipinski definition) is 0. The van der Waals surface area contributed by atoms with Crippen LogP contribution in [0.2, 0.25) is 0 Å². The third kappa shape index (κ3) is 3.30. The fourth-order valence-corrected chi connectivity index (χ4v) is 2.15. The summed E-state index contributed by atoms with van der Waals surface area (Å²) in [4.78, 5) is 2.64. The normalized spacial score (nSPS) is 25.6. The highest BCUT2D eigenvalue weighted by Gasteiger charge is 2.30. The van der Waals surface area contributed by atoms with Gasteiger partial charge in [0.2, 0.25) is 0 Å². The van der Waals surface area contributed by atoms with Crippen molar-refractivity contribution in [2.45, 2.75) is 59.4 Å². The third-order valence-corrected chi connectivity index (χ3v) is 3.10. The minimum Gasteiger partial charge on any atom is -0.298 e. The Bertz CT molecular complexity index is 164. The molecule has 0 N–H and O–H groups in total. The van der Waals surface area contributed by atoms with Crippen LogP contribution < -0.4 is 0 Å². The fourth-order valence-electron chi connectivity index (χ4n) is 2.15. The largest absolute Gasteiger partial charge is 0.298 e. The Hall–Kier alpha value is -0.0400. The first-order chi connectivity index (χ1) is 5.81. The zero-order chi connectivity index (χ0) is 10.1. The molecule has 0 aromatic heterocycles. The van der Waals surface area contributed by atoms with E-state index in [0.717, 1.165) is 0 Å². The van der Waals surface area contributed by atoms with E-state index in [9.17, 15) is 0 Å². The zero-order valence-corrected chi connectivity index (χ0v) is 9.98. The molecule has 0 aliphatic carbocycles. The summed E-state index contributed by atoms with van der Waals surface area (Å²) < 4.78 is 0. The minimum absolute atomic E-state index is 0.349. The Balaban J connectivity index is 2.65. The maximum atomic E-state index is 2.64. The molecule has 1 heteroatoms. The van der Waals surface area contributed by atoms with E-state index >= 15 is 0 Å². The average Bonchev–Trinajstić information content (AvgIpc) is 2.08. The quantitative estimate of drug-likeness (QED) is 0.557. The van der Waals surface area contributed by atoms with Crippen molar-refractivity contribution in [2.75, 3.05) is 13.1 Å². The van der Waals surface area contributed by atoms with Gasteiger partial charge >= 0.3 is 0 Å². The van der Waals surface area contributed by atoms with Crippen molar-refractivity contribution < 1.29 is 0 Å². The van der Waals surface area contributed by atoms with Crippen molar-refractivity contribution >= 4 is 0 Å². The number of rotatable bonds is 0. The van der Waals surface area contributed by atoms with Crippen LogP contribution in [-0.2, 0) is 0 Å². The SMILES string of the molecule is CC1(C)CCCCN(C(C)(C)C)C1. The summed E-state index contributed by atoms with van der Waals surface area (Å²) in [5.74, 6) is 0. The number of hydrogen-bond acceptors (Lipinski definition) is 1.